The van der Waals surface area contributed by atoms with Crippen LogP contribution in [0.2, 0.25) is 0 Å². The molecule has 0 radical (unpaired) electrons. The topological polar surface area (TPSA) is 85.1 Å². The van der Waals surface area contributed by atoms with Crippen molar-refractivity contribution in [1.29, 1.82) is 0 Å². The number of benzene rings is 6. The summed E-state index contributed by atoms with van der Waals surface area (Å²) in [5, 5.41) is -0.402. The first-order chi connectivity index (χ1) is 31.9. The number of nitrogens with two attached hydrogens (primary N) is 1. The Bertz CT molecular complexity index is 2520. The van der Waals surface area contributed by atoms with Gasteiger partial charge in [0.1, 0.15) is 23.7 Å². The van der Waals surface area contributed by atoms with Gasteiger partial charge in [0.05, 0.1) is 0 Å². The summed E-state index contributed by atoms with van der Waals surface area (Å²) in [5.74, 6) is 2.01. The molecule has 6 aromatic carbocycles. The molecule has 2 N–H and O–H groups in total. The van der Waals surface area contributed by atoms with Crippen LogP contribution in [0.15, 0.2) is 146 Å². The lowest BCUT2D eigenvalue weighted by Gasteiger charge is -2.29. The zero-order valence-electron chi connectivity index (χ0n) is 40.9. The Labute approximate surface area is 412 Å². The van der Waals surface area contributed by atoms with Crippen molar-refractivity contribution in [3.05, 3.63) is 173 Å². The van der Waals surface area contributed by atoms with Crippen molar-refractivity contribution in [1.82, 2.24) is 9.80 Å². The van der Waals surface area contributed by atoms with Crippen molar-refractivity contribution < 1.29 is 19.1 Å². The highest BCUT2D eigenvalue weighted by Crippen LogP contribution is 2.30. The second-order valence-electron chi connectivity index (χ2n) is 20.2. The number of ether oxygens (including phenoxy) is 2. The number of nitrogen functional groups attached to an aromatic ring is 1. The Balaban J connectivity index is 0.000000211. The van der Waals surface area contributed by atoms with E-state index < -0.39 is 5.24 Å². The number of halogens is 1. The molecule has 8 rings (SSSR count). The SMILES string of the molecule is C.CC(C)(C)c1ccc(C(=O)Cl)cc1.CN1CCC(Oc2cccc(-c3cccc(CC(=O)c4ccc(C(C)(C)C)cc4)c3)c2)CC1.CN1CCC(Oc2cccc(-c3cccc(N)c3)c2)CC1. The van der Waals surface area contributed by atoms with Gasteiger partial charge in [-0.15, -0.1) is 0 Å². The molecule has 6 aromatic rings. The van der Waals surface area contributed by atoms with Crippen LogP contribution < -0.4 is 15.2 Å². The third-order valence-electron chi connectivity index (χ3n) is 12.5. The average Bonchev–Trinajstić information content (AvgIpc) is 3.31. The maximum Gasteiger partial charge on any atom is 0.252 e. The number of carbonyl (C=O) groups excluding carboxylic acids is 2. The van der Waals surface area contributed by atoms with Crippen LogP contribution in [0.25, 0.3) is 22.3 Å². The second-order valence-corrected chi connectivity index (χ2v) is 20.5. The van der Waals surface area contributed by atoms with Crippen molar-refractivity contribution in [3.63, 3.8) is 0 Å². The lowest BCUT2D eigenvalue weighted by Crippen LogP contribution is -2.35. The van der Waals surface area contributed by atoms with Crippen LogP contribution in [0.5, 0.6) is 11.5 Å². The van der Waals surface area contributed by atoms with Crippen molar-refractivity contribution in [2.24, 2.45) is 0 Å². The molecular formula is C60H74ClN3O4. The van der Waals surface area contributed by atoms with Crippen LogP contribution in [0, 0.1) is 0 Å². The van der Waals surface area contributed by atoms with Gasteiger partial charge in [0.2, 0.25) is 0 Å². The Morgan fingerprint density at radius 2 is 0.926 bits per heavy atom. The third kappa shape index (κ3) is 16.2. The van der Waals surface area contributed by atoms with Gasteiger partial charge >= 0.3 is 0 Å². The second kappa shape index (κ2) is 24.5. The van der Waals surface area contributed by atoms with Gasteiger partial charge in [0, 0.05) is 49.4 Å². The summed E-state index contributed by atoms with van der Waals surface area (Å²) in [6, 6.07) is 48.3. The third-order valence-corrected chi connectivity index (χ3v) is 12.7. The van der Waals surface area contributed by atoms with Gasteiger partial charge in [-0.1, -0.05) is 146 Å². The molecule has 0 aliphatic carbocycles. The predicted molar refractivity (Wildman–Crippen MR) is 286 cm³/mol. The van der Waals surface area contributed by atoms with E-state index in [1.165, 1.54) is 11.1 Å². The minimum absolute atomic E-state index is 0. The summed E-state index contributed by atoms with van der Waals surface area (Å²) >= 11 is 5.33. The van der Waals surface area contributed by atoms with E-state index in [4.69, 9.17) is 26.8 Å². The number of Topliss-reactive ketones (excluding diaryl/α,β-unsaturated/α-hetero) is 1. The molecular weight excluding hydrogens is 862 g/mol. The number of hydrogen-bond donors (Lipinski definition) is 1. The highest BCUT2D eigenvalue weighted by atomic mass is 35.5. The normalized spacial score (nSPS) is 14.8. The number of ketones is 1. The first-order valence-electron chi connectivity index (χ1n) is 23.7. The molecule has 0 saturated carbocycles. The van der Waals surface area contributed by atoms with E-state index in [0.29, 0.717) is 18.1 Å². The minimum atomic E-state index is -0.402. The highest BCUT2D eigenvalue weighted by molar-refractivity contribution is 6.67. The molecule has 0 bridgehead atoms. The quantitative estimate of drug-likeness (QED) is 0.0832. The maximum absolute atomic E-state index is 12.9. The van der Waals surface area contributed by atoms with Crippen molar-refractivity contribution in [2.75, 3.05) is 46.0 Å². The lowest BCUT2D eigenvalue weighted by atomic mass is 9.86. The molecule has 2 fully saturated rings. The summed E-state index contributed by atoms with van der Waals surface area (Å²) in [6.07, 6.45) is 5.33. The first kappa shape index (κ1) is 53.2. The average molecular weight is 937 g/mol. The van der Waals surface area contributed by atoms with E-state index in [1.807, 2.05) is 78.9 Å². The van der Waals surface area contributed by atoms with Crippen LogP contribution in [0.4, 0.5) is 5.69 Å². The number of hydrogen-bond acceptors (Lipinski definition) is 7. The van der Waals surface area contributed by atoms with Crippen molar-refractivity contribution in [2.45, 2.75) is 104 Å². The van der Waals surface area contributed by atoms with Gasteiger partial charge in [-0.05, 0) is 150 Å². The molecule has 68 heavy (non-hydrogen) atoms. The van der Waals surface area contributed by atoms with Gasteiger partial charge in [-0.2, -0.15) is 0 Å². The maximum atomic E-state index is 12.9. The monoisotopic (exact) mass is 936 g/mol. The largest absolute Gasteiger partial charge is 0.490 e. The standard InChI is InChI=1S/C30H35NO2.C18H22N2O.C11H13ClO.CH4/c1-30(2,3)26-13-11-23(12-14-26)29(32)20-22-7-5-8-24(19-22)25-9-6-10-28(21-25)33-27-15-17-31(4)18-16-27;1-20-10-8-17(9-11-20)21-18-7-3-5-15(13-18)14-4-2-6-16(19)12-14;1-11(2,3)9-6-4-8(5-7-9)10(12)13;/h5-14,19,21,27H,15-18,20H2,1-4H3;2-7,12-13,17H,8-11,19H2,1H3;4-7H,1-3H3;1H4. The first-order valence-corrected chi connectivity index (χ1v) is 24.1. The van der Waals surface area contributed by atoms with Crippen molar-refractivity contribution in [3.8, 4) is 33.8 Å². The minimum Gasteiger partial charge on any atom is -0.490 e. The van der Waals surface area contributed by atoms with E-state index in [9.17, 15) is 9.59 Å². The van der Waals surface area contributed by atoms with Crippen LogP contribution >= 0.6 is 11.6 Å². The zero-order chi connectivity index (χ0) is 48.1. The van der Waals surface area contributed by atoms with Gasteiger partial charge in [0.25, 0.3) is 5.24 Å². The van der Waals surface area contributed by atoms with Gasteiger partial charge in [-0.3, -0.25) is 9.59 Å². The number of likely N-dealkylation sites (tertiary alicyclic amines) is 2. The molecule has 0 amide bonds. The summed E-state index contributed by atoms with van der Waals surface area (Å²) in [5.41, 5.74) is 16.1. The molecule has 0 spiro atoms. The summed E-state index contributed by atoms with van der Waals surface area (Å²) < 4.78 is 12.4. The molecule has 8 heteroatoms. The van der Waals surface area contributed by atoms with E-state index in [0.717, 1.165) is 102 Å². The number of carbonyl (C=O) groups is 2. The smallest absolute Gasteiger partial charge is 0.252 e. The Kier molecular flexibility index (Phi) is 19.2. The van der Waals surface area contributed by atoms with Crippen molar-refractivity contribution >= 4 is 28.3 Å². The fraction of sp³-hybridized carbons (Fsp3) is 0.367. The molecule has 2 aliphatic heterocycles. The fourth-order valence-corrected chi connectivity index (χ4v) is 8.34. The Hall–Kier alpha value is -5.73. The molecule has 0 aromatic heterocycles. The van der Waals surface area contributed by atoms with Crippen LogP contribution in [0.3, 0.4) is 0 Å². The van der Waals surface area contributed by atoms with Gasteiger partial charge < -0.3 is 25.0 Å². The van der Waals surface area contributed by atoms with Gasteiger partial charge in [-0.25, -0.2) is 0 Å². The molecule has 360 valence electrons. The van der Waals surface area contributed by atoms with Gasteiger partial charge in [0.15, 0.2) is 5.78 Å². The van der Waals surface area contributed by atoms with E-state index >= 15 is 0 Å². The molecule has 2 heterocycles. The molecule has 2 saturated heterocycles. The fourth-order valence-electron chi connectivity index (χ4n) is 8.21. The van der Waals surface area contributed by atoms with E-state index in [2.05, 4.69) is 120 Å². The Morgan fingerprint density at radius 1 is 0.544 bits per heavy atom. The van der Waals surface area contributed by atoms with E-state index in [1.54, 1.807) is 12.1 Å². The van der Waals surface area contributed by atoms with Crippen LogP contribution in [0.1, 0.15) is 112 Å². The Morgan fingerprint density at radius 3 is 1.34 bits per heavy atom. The zero-order valence-corrected chi connectivity index (χ0v) is 41.6. The number of nitrogens with zero attached hydrogens (tertiary/aromatic N) is 2. The number of anilines is 1. The molecule has 7 nitrogen and oxygen atoms in total. The molecule has 0 atom stereocenters. The van der Waals surface area contributed by atoms with E-state index in [-0.39, 0.29) is 30.1 Å². The highest BCUT2D eigenvalue weighted by Gasteiger charge is 2.20. The number of rotatable bonds is 10. The molecule has 0 unspecified atom stereocenters. The summed E-state index contributed by atoms with van der Waals surface area (Å²) in [4.78, 5) is 28.4. The van der Waals surface area contributed by atoms with Crippen LogP contribution in [-0.2, 0) is 17.3 Å². The summed E-state index contributed by atoms with van der Waals surface area (Å²) in [7, 11) is 4.33. The summed E-state index contributed by atoms with van der Waals surface area (Å²) in [6.45, 7) is 17.3. The lowest BCUT2D eigenvalue weighted by molar-refractivity contribution is 0.0992. The number of piperidine rings is 2. The molecule has 2 aliphatic rings. The van der Waals surface area contributed by atoms with Crippen LogP contribution in [-0.4, -0.2) is 73.3 Å². The predicted octanol–water partition coefficient (Wildman–Crippen LogP) is 14.0.